The Labute approximate surface area is 69.8 Å². The fraction of sp³-hybridized carbons (Fsp3) is 0.250. The maximum atomic E-state index is 5.46. The summed E-state index contributed by atoms with van der Waals surface area (Å²) in [7, 11) is 0. The summed E-state index contributed by atoms with van der Waals surface area (Å²) in [4.78, 5) is 11.1. The summed E-state index contributed by atoms with van der Waals surface area (Å²) >= 11 is 0. The van der Waals surface area contributed by atoms with E-state index in [0.717, 1.165) is 17.5 Å². The highest BCUT2D eigenvalue weighted by Gasteiger charge is 2.01. The molecule has 2 rings (SSSR count). The van der Waals surface area contributed by atoms with Gasteiger partial charge in [0.2, 0.25) is 0 Å². The highest BCUT2D eigenvalue weighted by atomic mass is 14.9. The van der Waals surface area contributed by atoms with E-state index in [0.29, 0.717) is 6.54 Å². The van der Waals surface area contributed by atoms with Crippen molar-refractivity contribution in [1.82, 2.24) is 15.0 Å². The van der Waals surface area contributed by atoms with Crippen molar-refractivity contribution in [1.29, 1.82) is 0 Å². The van der Waals surface area contributed by atoms with Gasteiger partial charge in [-0.3, -0.25) is 0 Å². The zero-order valence-electron chi connectivity index (χ0n) is 6.62. The van der Waals surface area contributed by atoms with E-state index in [-0.39, 0.29) is 0 Å². The number of hydrogen-bond donors (Lipinski definition) is 2. The zero-order chi connectivity index (χ0) is 8.39. The molecule has 2 heterocycles. The fourth-order valence-corrected chi connectivity index (χ4v) is 1.28. The van der Waals surface area contributed by atoms with Gasteiger partial charge in [0.25, 0.3) is 0 Å². The van der Waals surface area contributed by atoms with Crippen molar-refractivity contribution in [2.24, 2.45) is 5.73 Å². The van der Waals surface area contributed by atoms with Crippen molar-refractivity contribution < 1.29 is 0 Å². The van der Waals surface area contributed by atoms with Crippen LogP contribution in [0.5, 0.6) is 0 Å². The van der Waals surface area contributed by atoms with Crippen LogP contribution in [0, 0.1) is 0 Å². The maximum absolute atomic E-state index is 5.46. The minimum absolute atomic E-state index is 0.655. The Morgan fingerprint density at radius 3 is 3.25 bits per heavy atom. The molecule has 0 amide bonds. The summed E-state index contributed by atoms with van der Waals surface area (Å²) in [6.45, 7) is 0.655. The molecular formula is C8H10N4. The van der Waals surface area contributed by atoms with Gasteiger partial charge in [0.15, 0.2) is 0 Å². The fourth-order valence-electron chi connectivity index (χ4n) is 1.28. The van der Waals surface area contributed by atoms with Crippen LogP contribution in [0.2, 0.25) is 0 Å². The van der Waals surface area contributed by atoms with Gasteiger partial charge in [-0.05, 0) is 18.5 Å². The molecule has 0 saturated heterocycles. The van der Waals surface area contributed by atoms with Crippen molar-refractivity contribution in [3.05, 3.63) is 24.3 Å². The molecule has 0 bridgehead atoms. The van der Waals surface area contributed by atoms with Crippen LogP contribution in [-0.4, -0.2) is 21.5 Å². The highest BCUT2D eigenvalue weighted by Crippen LogP contribution is 2.13. The van der Waals surface area contributed by atoms with Crippen LogP contribution < -0.4 is 5.73 Å². The number of rotatable bonds is 2. The molecule has 12 heavy (non-hydrogen) atoms. The molecule has 0 radical (unpaired) electrons. The first-order chi connectivity index (χ1) is 5.92. The summed E-state index contributed by atoms with van der Waals surface area (Å²) in [6, 6.07) is 0. The van der Waals surface area contributed by atoms with E-state index in [2.05, 4.69) is 15.0 Å². The Bertz CT molecular complexity index is 379. The monoisotopic (exact) mass is 162 g/mol. The molecule has 0 unspecified atom stereocenters. The third-order valence-electron chi connectivity index (χ3n) is 1.86. The van der Waals surface area contributed by atoms with Gasteiger partial charge < -0.3 is 10.7 Å². The second-order valence-corrected chi connectivity index (χ2v) is 2.64. The lowest BCUT2D eigenvalue weighted by atomic mass is 10.2. The average molecular weight is 162 g/mol. The number of hydrogen-bond acceptors (Lipinski definition) is 3. The topological polar surface area (TPSA) is 67.6 Å². The van der Waals surface area contributed by atoms with Gasteiger partial charge in [-0.15, -0.1) is 0 Å². The summed E-state index contributed by atoms with van der Waals surface area (Å²) in [5.74, 6) is 0. The second-order valence-electron chi connectivity index (χ2n) is 2.64. The molecule has 0 aromatic carbocycles. The van der Waals surface area contributed by atoms with Gasteiger partial charge in [-0.25, -0.2) is 9.97 Å². The quantitative estimate of drug-likeness (QED) is 0.674. The molecule has 0 fully saturated rings. The number of nitrogens with zero attached hydrogens (tertiary/aromatic N) is 2. The second kappa shape index (κ2) is 2.91. The first-order valence-corrected chi connectivity index (χ1v) is 3.88. The summed E-state index contributed by atoms with van der Waals surface area (Å²) < 4.78 is 0. The van der Waals surface area contributed by atoms with Crippen molar-refractivity contribution >= 4 is 11.0 Å². The molecule has 0 spiro atoms. The lowest BCUT2D eigenvalue weighted by molar-refractivity contribution is 0.976. The number of H-pyrrole nitrogens is 1. The van der Waals surface area contributed by atoms with Gasteiger partial charge in [0.05, 0.1) is 0 Å². The lowest BCUT2D eigenvalue weighted by Crippen LogP contribution is -2.01. The zero-order valence-corrected chi connectivity index (χ0v) is 6.62. The minimum Gasteiger partial charge on any atom is -0.346 e. The van der Waals surface area contributed by atoms with Crippen molar-refractivity contribution in [3.63, 3.8) is 0 Å². The number of nitrogens with two attached hydrogens (primary N) is 1. The van der Waals surface area contributed by atoms with Crippen LogP contribution in [0.3, 0.4) is 0 Å². The molecule has 2 aromatic rings. The van der Waals surface area contributed by atoms with Crippen LogP contribution in [-0.2, 0) is 6.42 Å². The molecule has 4 nitrogen and oxygen atoms in total. The maximum Gasteiger partial charge on any atom is 0.140 e. The molecule has 0 saturated carbocycles. The normalized spacial score (nSPS) is 10.8. The van der Waals surface area contributed by atoms with Gasteiger partial charge in [0.1, 0.15) is 12.0 Å². The van der Waals surface area contributed by atoms with Crippen molar-refractivity contribution in [3.8, 4) is 0 Å². The molecule has 0 aliphatic heterocycles. The molecule has 62 valence electrons. The Morgan fingerprint density at radius 1 is 1.50 bits per heavy atom. The Hall–Kier alpha value is -1.42. The smallest absolute Gasteiger partial charge is 0.140 e. The molecule has 0 aliphatic carbocycles. The van der Waals surface area contributed by atoms with E-state index in [4.69, 9.17) is 5.73 Å². The Balaban J connectivity index is 2.55. The van der Waals surface area contributed by atoms with Crippen LogP contribution in [0.4, 0.5) is 0 Å². The molecule has 0 aliphatic rings. The van der Waals surface area contributed by atoms with E-state index in [9.17, 15) is 0 Å². The summed E-state index contributed by atoms with van der Waals surface area (Å²) in [6.07, 6.45) is 6.15. The predicted molar refractivity (Wildman–Crippen MR) is 46.6 cm³/mol. The third kappa shape index (κ3) is 1.06. The van der Waals surface area contributed by atoms with Crippen LogP contribution >= 0.6 is 0 Å². The minimum atomic E-state index is 0.655. The van der Waals surface area contributed by atoms with Crippen LogP contribution in [0.1, 0.15) is 5.56 Å². The van der Waals surface area contributed by atoms with Gasteiger partial charge in [-0.2, -0.15) is 0 Å². The first-order valence-electron chi connectivity index (χ1n) is 3.88. The average Bonchev–Trinajstić information content (AvgIpc) is 2.50. The molecule has 3 N–H and O–H groups in total. The van der Waals surface area contributed by atoms with Gasteiger partial charge in [-0.1, -0.05) is 0 Å². The number of nitrogens with one attached hydrogen (secondary N) is 1. The molecule has 4 heteroatoms. The number of fused-ring (bicyclic) bond motifs is 1. The van der Waals surface area contributed by atoms with E-state index < -0.39 is 0 Å². The standard InChI is InChI=1S/C8H10N4/c9-2-1-6-3-11-8-7(6)4-10-5-12-8/h3-5H,1-2,9H2,(H,10,11,12). The Kier molecular flexibility index (Phi) is 1.75. The first kappa shape index (κ1) is 7.24. The largest absolute Gasteiger partial charge is 0.346 e. The van der Waals surface area contributed by atoms with E-state index in [1.54, 1.807) is 0 Å². The third-order valence-corrected chi connectivity index (χ3v) is 1.86. The van der Waals surface area contributed by atoms with E-state index >= 15 is 0 Å². The lowest BCUT2D eigenvalue weighted by Gasteiger charge is -1.92. The number of aromatic nitrogens is 3. The highest BCUT2D eigenvalue weighted by molar-refractivity contribution is 5.78. The van der Waals surface area contributed by atoms with Gasteiger partial charge in [0, 0.05) is 17.8 Å². The summed E-state index contributed by atoms with van der Waals surface area (Å²) in [5, 5.41) is 1.07. The van der Waals surface area contributed by atoms with E-state index in [1.165, 1.54) is 11.9 Å². The van der Waals surface area contributed by atoms with Gasteiger partial charge >= 0.3 is 0 Å². The van der Waals surface area contributed by atoms with Crippen molar-refractivity contribution in [2.45, 2.75) is 6.42 Å². The van der Waals surface area contributed by atoms with Crippen molar-refractivity contribution in [2.75, 3.05) is 6.54 Å². The van der Waals surface area contributed by atoms with Crippen LogP contribution in [0.15, 0.2) is 18.7 Å². The molecular weight excluding hydrogens is 152 g/mol. The SMILES string of the molecule is NCCc1c[nH]c2ncncc12. The summed E-state index contributed by atoms with van der Waals surface area (Å²) in [5.41, 5.74) is 7.53. The Morgan fingerprint density at radius 2 is 2.42 bits per heavy atom. The number of aromatic amines is 1. The van der Waals surface area contributed by atoms with E-state index in [1.807, 2.05) is 12.4 Å². The van der Waals surface area contributed by atoms with Crippen LogP contribution in [0.25, 0.3) is 11.0 Å². The molecule has 2 aromatic heterocycles. The molecule has 0 atom stereocenters. The predicted octanol–water partition coefficient (Wildman–Crippen LogP) is 0.459.